The number of aromatic nitrogens is 1. The molecule has 0 amide bonds. The first kappa shape index (κ1) is 13.4. The molecule has 0 radical (unpaired) electrons. The number of nitrogens with zero attached hydrogens (tertiary/aromatic N) is 1. The van der Waals surface area contributed by atoms with E-state index in [1.54, 1.807) is 0 Å². The molecule has 3 atom stereocenters. The van der Waals surface area contributed by atoms with Gasteiger partial charge in [0.2, 0.25) is 0 Å². The van der Waals surface area contributed by atoms with Gasteiger partial charge in [0.1, 0.15) is 0 Å². The van der Waals surface area contributed by atoms with Crippen LogP contribution in [0.25, 0.3) is 11.1 Å². The summed E-state index contributed by atoms with van der Waals surface area (Å²) in [5.74, 6) is 0.811. The third kappa shape index (κ3) is 2.18. The van der Waals surface area contributed by atoms with Crippen molar-refractivity contribution in [2.75, 3.05) is 6.54 Å². The minimum atomic E-state index is -0.244. The Morgan fingerprint density at radius 3 is 2.90 bits per heavy atom. The Hall–Kier alpha value is -1.55. The first-order chi connectivity index (χ1) is 9.74. The fourth-order valence-electron chi connectivity index (χ4n) is 3.55. The largest absolute Gasteiger partial charge is 0.420 e. The molecular formula is C16H22N2O2. The van der Waals surface area contributed by atoms with Crippen LogP contribution in [0.15, 0.2) is 33.5 Å². The number of benzene rings is 1. The quantitative estimate of drug-likeness (QED) is 0.936. The van der Waals surface area contributed by atoms with Crippen molar-refractivity contribution in [3.05, 3.63) is 34.8 Å². The number of fused-ring (bicyclic) bond motifs is 1. The van der Waals surface area contributed by atoms with Gasteiger partial charge >= 0.3 is 5.76 Å². The van der Waals surface area contributed by atoms with Gasteiger partial charge in [0.15, 0.2) is 5.58 Å². The summed E-state index contributed by atoms with van der Waals surface area (Å²) in [6.07, 6.45) is 4.52. The molecule has 1 fully saturated rings. The third-order valence-corrected chi connectivity index (χ3v) is 4.80. The fraction of sp³-hybridized carbons (Fsp3) is 0.562. The molecule has 0 saturated heterocycles. The van der Waals surface area contributed by atoms with Gasteiger partial charge in [-0.25, -0.2) is 4.79 Å². The lowest BCUT2D eigenvalue weighted by Gasteiger charge is -2.35. The summed E-state index contributed by atoms with van der Waals surface area (Å²) in [7, 11) is 0. The highest BCUT2D eigenvalue weighted by molar-refractivity contribution is 5.72. The summed E-state index contributed by atoms with van der Waals surface area (Å²) >= 11 is 0. The van der Waals surface area contributed by atoms with E-state index >= 15 is 0 Å². The Balaban J connectivity index is 2.07. The molecule has 3 unspecified atom stereocenters. The standard InChI is InChI=1S/C16H22N2O2/c1-2-11-7-8-12(10-17)14(9-11)18-13-5-3-4-6-15(13)20-16(18)19/h3-6,11-12,14H,2,7-10,17H2,1H3. The molecule has 1 aromatic carbocycles. The second kappa shape index (κ2) is 5.44. The normalized spacial score (nSPS) is 27.0. The molecule has 20 heavy (non-hydrogen) atoms. The Morgan fingerprint density at radius 1 is 1.35 bits per heavy atom. The molecular weight excluding hydrogens is 252 g/mol. The average Bonchev–Trinajstić information content (AvgIpc) is 2.82. The molecule has 1 aromatic heterocycles. The second-order valence-electron chi connectivity index (χ2n) is 5.86. The molecule has 0 aliphatic heterocycles. The molecule has 2 N–H and O–H groups in total. The van der Waals surface area contributed by atoms with Crippen molar-refractivity contribution in [3.8, 4) is 0 Å². The monoisotopic (exact) mass is 274 g/mol. The van der Waals surface area contributed by atoms with Crippen molar-refractivity contribution in [2.24, 2.45) is 17.6 Å². The minimum Gasteiger partial charge on any atom is -0.408 e. The Kier molecular flexibility index (Phi) is 3.66. The molecule has 1 saturated carbocycles. The first-order valence-electron chi connectivity index (χ1n) is 7.54. The second-order valence-corrected chi connectivity index (χ2v) is 5.86. The summed E-state index contributed by atoms with van der Waals surface area (Å²) < 4.78 is 7.22. The first-order valence-corrected chi connectivity index (χ1v) is 7.54. The molecule has 108 valence electrons. The van der Waals surface area contributed by atoms with Gasteiger partial charge in [-0.15, -0.1) is 0 Å². The van der Waals surface area contributed by atoms with Crippen molar-refractivity contribution >= 4 is 11.1 Å². The topological polar surface area (TPSA) is 61.2 Å². The van der Waals surface area contributed by atoms with E-state index in [2.05, 4.69) is 6.92 Å². The average molecular weight is 274 g/mol. The molecule has 3 rings (SSSR count). The zero-order valence-electron chi connectivity index (χ0n) is 11.9. The minimum absolute atomic E-state index is 0.176. The van der Waals surface area contributed by atoms with Crippen molar-refractivity contribution in [1.82, 2.24) is 4.57 Å². The zero-order valence-corrected chi connectivity index (χ0v) is 11.9. The lowest BCUT2D eigenvalue weighted by molar-refractivity contribution is 0.180. The maximum Gasteiger partial charge on any atom is 0.420 e. The van der Waals surface area contributed by atoms with Crippen molar-refractivity contribution in [3.63, 3.8) is 0 Å². The Morgan fingerprint density at radius 2 is 2.15 bits per heavy atom. The highest BCUT2D eigenvalue weighted by Crippen LogP contribution is 2.38. The van der Waals surface area contributed by atoms with Crippen molar-refractivity contribution in [2.45, 2.75) is 38.6 Å². The van der Waals surface area contributed by atoms with Crippen LogP contribution in [0, 0.1) is 11.8 Å². The number of rotatable bonds is 3. The molecule has 4 heteroatoms. The number of para-hydroxylation sites is 2. The molecule has 1 aliphatic carbocycles. The van der Waals surface area contributed by atoms with Gasteiger partial charge in [-0.1, -0.05) is 25.5 Å². The van der Waals surface area contributed by atoms with Gasteiger partial charge in [0, 0.05) is 6.04 Å². The predicted octanol–water partition coefficient (Wildman–Crippen LogP) is 2.92. The highest BCUT2D eigenvalue weighted by Gasteiger charge is 2.32. The Labute approximate surface area is 118 Å². The molecule has 4 nitrogen and oxygen atoms in total. The summed E-state index contributed by atoms with van der Waals surface area (Å²) in [6, 6.07) is 7.83. The molecule has 1 heterocycles. The van der Waals surface area contributed by atoms with E-state index < -0.39 is 0 Å². The van der Waals surface area contributed by atoms with E-state index in [1.165, 1.54) is 12.8 Å². The van der Waals surface area contributed by atoms with Crippen molar-refractivity contribution < 1.29 is 4.42 Å². The number of oxazole rings is 1. The highest BCUT2D eigenvalue weighted by atomic mass is 16.4. The van der Waals surface area contributed by atoms with Crippen LogP contribution < -0.4 is 11.5 Å². The number of hydrogen-bond acceptors (Lipinski definition) is 3. The lowest BCUT2D eigenvalue weighted by Crippen LogP contribution is -2.35. The SMILES string of the molecule is CCC1CCC(CN)C(n2c(=O)oc3ccccc32)C1. The molecule has 1 aliphatic rings. The maximum atomic E-state index is 12.2. The lowest BCUT2D eigenvalue weighted by atomic mass is 9.77. The van der Waals surface area contributed by atoms with Gasteiger partial charge in [-0.3, -0.25) is 4.57 Å². The molecule has 0 bridgehead atoms. The molecule has 0 spiro atoms. The van der Waals surface area contributed by atoms with E-state index in [4.69, 9.17) is 10.2 Å². The van der Waals surface area contributed by atoms with Gasteiger partial charge in [0.25, 0.3) is 0 Å². The van der Waals surface area contributed by atoms with E-state index in [1.807, 2.05) is 28.8 Å². The Bertz CT molecular complexity index is 643. The van der Waals surface area contributed by atoms with Gasteiger partial charge in [-0.2, -0.15) is 0 Å². The van der Waals surface area contributed by atoms with Crippen LogP contribution in [0.4, 0.5) is 0 Å². The summed E-state index contributed by atoms with van der Waals surface area (Å²) in [6.45, 7) is 2.85. The van der Waals surface area contributed by atoms with Crippen LogP contribution in [0.2, 0.25) is 0 Å². The van der Waals surface area contributed by atoms with Crippen LogP contribution >= 0.6 is 0 Å². The summed E-state index contributed by atoms with van der Waals surface area (Å²) in [4.78, 5) is 12.2. The maximum absolute atomic E-state index is 12.2. The van der Waals surface area contributed by atoms with E-state index in [9.17, 15) is 4.79 Å². The third-order valence-electron chi connectivity index (χ3n) is 4.80. The van der Waals surface area contributed by atoms with Gasteiger partial charge in [-0.05, 0) is 49.8 Å². The molecule has 2 aromatic rings. The van der Waals surface area contributed by atoms with E-state index in [0.717, 1.165) is 18.4 Å². The number of nitrogens with two attached hydrogens (primary N) is 1. The van der Waals surface area contributed by atoms with Crippen molar-refractivity contribution in [1.29, 1.82) is 0 Å². The van der Waals surface area contributed by atoms with E-state index in [0.29, 0.717) is 24.0 Å². The van der Waals surface area contributed by atoms with Crippen LogP contribution in [0.3, 0.4) is 0 Å². The van der Waals surface area contributed by atoms with Crippen LogP contribution in [0.1, 0.15) is 38.6 Å². The summed E-state index contributed by atoms with van der Waals surface area (Å²) in [5, 5.41) is 0. The fourth-order valence-corrected chi connectivity index (χ4v) is 3.55. The smallest absolute Gasteiger partial charge is 0.408 e. The van der Waals surface area contributed by atoms with Crippen LogP contribution in [-0.2, 0) is 0 Å². The number of hydrogen-bond donors (Lipinski definition) is 1. The zero-order chi connectivity index (χ0) is 14.1. The van der Waals surface area contributed by atoms with Gasteiger partial charge in [0.05, 0.1) is 5.52 Å². The van der Waals surface area contributed by atoms with E-state index in [-0.39, 0.29) is 11.8 Å². The predicted molar refractivity (Wildman–Crippen MR) is 79.7 cm³/mol. The van der Waals surface area contributed by atoms with Gasteiger partial charge < -0.3 is 10.2 Å². The van der Waals surface area contributed by atoms with Crippen LogP contribution in [-0.4, -0.2) is 11.1 Å². The summed E-state index contributed by atoms with van der Waals surface area (Å²) in [5.41, 5.74) is 7.51. The van der Waals surface area contributed by atoms with Crippen LogP contribution in [0.5, 0.6) is 0 Å².